The lowest BCUT2D eigenvalue weighted by molar-refractivity contribution is -0.164. The van der Waals surface area contributed by atoms with E-state index in [0.29, 0.717) is 17.7 Å². The lowest BCUT2D eigenvalue weighted by Crippen LogP contribution is -2.57. The van der Waals surface area contributed by atoms with E-state index in [0.717, 1.165) is 10.8 Å². The monoisotopic (exact) mass is 663 g/mol. The number of hydrogen-bond acceptors (Lipinski definition) is 7. The SMILES string of the molecule is C[C@H](CO)N1C(=O)[C@H]2[C@@H]3C(=O)O[C@@H](c4ccccc4)[C@H](C)N(C)C(=O)CC/C=C\[C@@H]3O[C@]23C=CCN(c2ccc4ccccc4c2)C(=O)[C@H]13. The Kier molecular flexibility index (Phi) is 8.62. The molecule has 10 heteroatoms. The number of allylic oxidation sites excluding steroid dienone is 1. The van der Waals surface area contributed by atoms with Crippen molar-refractivity contribution in [2.45, 2.75) is 62.6 Å². The van der Waals surface area contributed by atoms with E-state index < -0.39 is 59.6 Å². The standard InChI is InChI=1S/C39H41N3O7/c1-24(23-43)42-35-37(46)41(29-19-18-26-12-7-8-15-28(26)22-29)21-11-20-39(35)33(36(42)45)32-30(49-39)16-9-10-17-31(44)40(3)25(2)34(48-38(32)47)27-13-5-4-6-14-27/h4-9,11-16,18-20,22,24-25,30,32-35,43H,10,17,21,23H2,1-3H3/b16-9-/t24-,25+,30+,32-,33-,34-,35+,39-/m1/s1. The smallest absolute Gasteiger partial charge is 0.313 e. The molecule has 0 aromatic heterocycles. The fourth-order valence-corrected chi connectivity index (χ4v) is 7.97. The fourth-order valence-electron chi connectivity index (χ4n) is 7.97. The van der Waals surface area contributed by atoms with Crippen LogP contribution in [-0.2, 0) is 28.7 Å². The van der Waals surface area contributed by atoms with Gasteiger partial charge in [-0.05, 0) is 48.7 Å². The Bertz CT molecular complexity index is 1840. The Morgan fingerprint density at radius 2 is 1.67 bits per heavy atom. The second kappa shape index (κ2) is 12.9. The summed E-state index contributed by atoms with van der Waals surface area (Å²) in [5.74, 6) is -3.75. The van der Waals surface area contributed by atoms with Gasteiger partial charge < -0.3 is 29.3 Å². The van der Waals surface area contributed by atoms with Crippen molar-refractivity contribution in [3.63, 3.8) is 0 Å². The number of rotatable bonds is 4. The summed E-state index contributed by atoms with van der Waals surface area (Å²) < 4.78 is 13.1. The van der Waals surface area contributed by atoms with Crippen LogP contribution in [0.3, 0.4) is 0 Å². The van der Waals surface area contributed by atoms with E-state index in [1.165, 1.54) is 4.90 Å². The number of likely N-dealkylation sites (N-methyl/N-ethyl adjacent to an activating group) is 1. The second-order valence-corrected chi connectivity index (χ2v) is 13.5. The molecule has 1 spiro atoms. The zero-order valence-electron chi connectivity index (χ0n) is 27.8. The number of likely N-dealkylation sites (tertiary alicyclic amines) is 1. The molecule has 4 aliphatic heterocycles. The summed E-state index contributed by atoms with van der Waals surface area (Å²) in [7, 11) is 1.70. The molecule has 10 nitrogen and oxygen atoms in total. The van der Waals surface area contributed by atoms with Crippen molar-refractivity contribution < 1.29 is 33.8 Å². The van der Waals surface area contributed by atoms with E-state index in [9.17, 15) is 24.3 Å². The van der Waals surface area contributed by atoms with E-state index in [2.05, 4.69) is 0 Å². The molecule has 2 fully saturated rings. The summed E-state index contributed by atoms with van der Waals surface area (Å²) in [6.07, 6.45) is 6.03. The maximum atomic E-state index is 14.8. The Hall–Kier alpha value is -4.80. The van der Waals surface area contributed by atoms with E-state index in [-0.39, 0.29) is 31.4 Å². The van der Waals surface area contributed by atoms with Crippen LogP contribution in [0.15, 0.2) is 97.1 Å². The predicted molar refractivity (Wildman–Crippen MR) is 183 cm³/mol. The van der Waals surface area contributed by atoms with Crippen LogP contribution in [0.1, 0.15) is 38.4 Å². The van der Waals surface area contributed by atoms with Gasteiger partial charge in [-0.15, -0.1) is 0 Å². The Labute approximate surface area is 285 Å². The maximum absolute atomic E-state index is 14.8. The number of ether oxygens (including phenoxy) is 2. The Balaban J connectivity index is 1.32. The third-order valence-corrected chi connectivity index (χ3v) is 10.7. The van der Waals surface area contributed by atoms with Gasteiger partial charge in [0.15, 0.2) is 0 Å². The van der Waals surface area contributed by atoms with Crippen LogP contribution in [0.4, 0.5) is 5.69 Å². The molecule has 254 valence electrons. The quantitative estimate of drug-likeness (QED) is 0.329. The van der Waals surface area contributed by atoms with Crippen LogP contribution in [0, 0.1) is 11.8 Å². The van der Waals surface area contributed by atoms with Crippen molar-refractivity contribution in [2.75, 3.05) is 25.1 Å². The summed E-state index contributed by atoms with van der Waals surface area (Å²) in [5, 5.41) is 12.3. The molecular formula is C39H41N3O7. The largest absolute Gasteiger partial charge is 0.455 e. The van der Waals surface area contributed by atoms with Gasteiger partial charge in [-0.25, -0.2) is 0 Å². The molecule has 2 saturated heterocycles. The molecule has 1 N–H and O–H groups in total. The minimum absolute atomic E-state index is 0.0935. The average Bonchev–Trinajstić information content (AvgIpc) is 3.52. The number of hydrogen-bond donors (Lipinski definition) is 1. The normalized spacial score (nSPS) is 31.7. The van der Waals surface area contributed by atoms with Crippen molar-refractivity contribution in [2.24, 2.45) is 11.8 Å². The van der Waals surface area contributed by atoms with Gasteiger partial charge >= 0.3 is 5.97 Å². The van der Waals surface area contributed by atoms with Crippen LogP contribution in [-0.4, -0.2) is 88.6 Å². The highest BCUT2D eigenvalue weighted by molar-refractivity contribution is 6.06. The van der Waals surface area contributed by atoms with Crippen molar-refractivity contribution in [1.29, 1.82) is 0 Å². The Morgan fingerprint density at radius 1 is 0.939 bits per heavy atom. The molecule has 0 bridgehead atoms. The lowest BCUT2D eigenvalue weighted by atomic mass is 9.77. The average molecular weight is 664 g/mol. The van der Waals surface area contributed by atoms with Crippen LogP contribution >= 0.6 is 0 Å². The summed E-state index contributed by atoms with van der Waals surface area (Å²) in [5.41, 5.74) is -0.139. The maximum Gasteiger partial charge on any atom is 0.313 e. The first-order chi connectivity index (χ1) is 23.7. The van der Waals surface area contributed by atoms with Crippen molar-refractivity contribution >= 4 is 40.2 Å². The van der Waals surface area contributed by atoms with Crippen LogP contribution in [0.25, 0.3) is 10.8 Å². The van der Waals surface area contributed by atoms with Gasteiger partial charge in [-0.1, -0.05) is 85.0 Å². The highest BCUT2D eigenvalue weighted by Crippen LogP contribution is 2.54. The number of cyclic esters (lactones) is 1. The number of aliphatic hydroxyl groups excluding tert-OH is 1. The molecule has 4 heterocycles. The molecule has 3 aromatic rings. The predicted octanol–water partition coefficient (Wildman–Crippen LogP) is 4.19. The molecule has 8 atom stereocenters. The third-order valence-electron chi connectivity index (χ3n) is 10.7. The molecule has 0 radical (unpaired) electrons. The van der Waals surface area contributed by atoms with Gasteiger partial charge in [-0.3, -0.25) is 19.2 Å². The van der Waals surface area contributed by atoms with Crippen molar-refractivity contribution in [3.05, 3.63) is 103 Å². The molecule has 49 heavy (non-hydrogen) atoms. The number of amides is 3. The number of carbonyl (C=O) groups excluding carboxylic acids is 4. The topological polar surface area (TPSA) is 117 Å². The summed E-state index contributed by atoms with van der Waals surface area (Å²) in [6, 6.07) is 20.5. The number of fused-ring (bicyclic) bond motifs is 3. The van der Waals surface area contributed by atoms with Crippen LogP contribution in [0.2, 0.25) is 0 Å². The highest BCUT2D eigenvalue weighted by atomic mass is 16.6. The first-order valence-corrected chi connectivity index (χ1v) is 16.9. The number of benzene rings is 3. The van der Waals surface area contributed by atoms with E-state index in [1.54, 1.807) is 42.0 Å². The molecular weight excluding hydrogens is 622 g/mol. The minimum Gasteiger partial charge on any atom is -0.455 e. The molecule has 3 amide bonds. The first kappa shape index (κ1) is 32.7. The second-order valence-electron chi connectivity index (χ2n) is 13.5. The first-order valence-electron chi connectivity index (χ1n) is 16.9. The van der Waals surface area contributed by atoms with Gasteiger partial charge in [0.05, 0.1) is 30.7 Å². The van der Waals surface area contributed by atoms with Gasteiger partial charge in [0.25, 0.3) is 5.91 Å². The number of nitrogens with zero attached hydrogens (tertiary/aromatic N) is 3. The molecule has 7 rings (SSSR count). The van der Waals surface area contributed by atoms with Gasteiger partial charge in [-0.2, -0.15) is 0 Å². The number of carbonyl (C=O) groups is 4. The zero-order valence-corrected chi connectivity index (χ0v) is 27.8. The van der Waals surface area contributed by atoms with Crippen molar-refractivity contribution in [1.82, 2.24) is 9.80 Å². The summed E-state index contributed by atoms with van der Waals surface area (Å²) in [4.78, 5) is 61.8. The van der Waals surface area contributed by atoms with E-state index >= 15 is 0 Å². The highest BCUT2D eigenvalue weighted by Gasteiger charge is 2.72. The van der Waals surface area contributed by atoms with Gasteiger partial charge in [0.1, 0.15) is 23.7 Å². The van der Waals surface area contributed by atoms with E-state index in [4.69, 9.17) is 9.47 Å². The van der Waals surface area contributed by atoms with Crippen LogP contribution < -0.4 is 4.90 Å². The fraction of sp³-hybridized carbons (Fsp3) is 0.385. The molecule has 4 aliphatic rings. The summed E-state index contributed by atoms with van der Waals surface area (Å²) >= 11 is 0. The van der Waals surface area contributed by atoms with Crippen LogP contribution in [0.5, 0.6) is 0 Å². The number of anilines is 1. The van der Waals surface area contributed by atoms with E-state index in [1.807, 2.05) is 85.8 Å². The lowest BCUT2D eigenvalue weighted by Gasteiger charge is -2.37. The van der Waals surface area contributed by atoms with Crippen molar-refractivity contribution in [3.8, 4) is 0 Å². The number of aliphatic hydroxyl groups is 1. The zero-order chi connectivity index (χ0) is 34.4. The van der Waals surface area contributed by atoms with Gasteiger partial charge in [0, 0.05) is 25.7 Å². The number of esters is 1. The third kappa shape index (κ3) is 5.43. The minimum atomic E-state index is -1.51. The van der Waals surface area contributed by atoms with Gasteiger partial charge in [0.2, 0.25) is 11.8 Å². The Morgan fingerprint density at radius 3 is 2.43 bits per heavy atom. The molecule has 0 saturated carbocycles. The molecule has 0 aliphatic carbocycles. The molecule has 3 aromatic carbocycles. The summed E-state index contributed by atoms with van der Waals surface area (Å²) in [6.45, 7) is 3.36. The molecule has 0 unspecified atom stereocenters.